The fraction of sp³-hybridized carbons (Fsp3) is 0.171. The third kappa shape index (κ3) is 6.60. The molecule has 11 aromatic rings. The third-order valence-electron chi connectivity index (χ3n) is 16.8. The molecule has 0 aliphatic heterocycles. The van der Waals surface area contributed by atoms with E-state index in [1.165, 1.54) is 108 Å². The number of rotatable bonds is 8. The minimum Gasteiger partial charge on any atom is -0.309 e. The van der Waals surface area contributed by atoms with Gasteiger partial charge in [0.25, 0.3) is 0 Å². The molecule has 2 nitrogen and oxygen atoms in total. The van der Waals surface area contributed by atoms with Gasteiger partial charge in [0, 0.05) is 53.9 Å². The van der Waals surface area contributed by atoms with Gasteiger partial charge in [0.15, 0.2) is 0 Å². The summed E-state index contributed by atoms with van der Waals surface area (Å²) in [6, 6.07) is 74.9. The lowest BCUT2D eigenvalue weighted by molar-refractivity contribution is 0.563. The minimum absolute atomic E-state index is 0.232. The van der Waals surface area contributed by atoms with Gasteiger partial charge in [-0.25, -0.2) is 0 Å². The molecule has 3 aliphatic carbocycles. The Kier molecular flexibility index (Phi) is 10.4. The van der Waals surface area contributed by atoms with Crippen molar-refractivity contribution in [3.05, 3.63) is 255 Å². The average molecular weight is 991 g/mol. The van der Waals surface area contributed by atoms with E-state index < -0.39 is 5.41 Å². The summed E-state index contributed by atoms with van der Waals surface area (Å²) < 4.78 is 3.93. The van der Waals surface area contributed by atoms with Crippen LogP contribution in [0.4, 0.5) is 34.1 Å². The Morgan fingerprint density at radius 3 is 1.46 bits per heavy atom. The largest absolute Gasteiger partial charge is 0.309 e. The Labute approximate surface area is 443 Å². The second-order valence-corrected chi connectivity index (χ2v) is 24.0. The monoisotopic (exact) mass is 990 g/mol. The van der Waals surface area contributed by atoms with Gasteiger partial charge in [-0.3, -0.25) is 0 Å². The van der Waals surface area contributed by atoms with Crippen molar-refractivity contribution >= 4 is 93.1 Å². The van der Waals surface area contributed by atoms with Gasteiger partial charge >= 0.3 is 0 Å². The fourth-order valence-electron chi connectivity index (χ4n) is 13.1. The number of nitrogens with zero attached hydrogens (tertiary/aromatic N) is 2. The summed E-state index contributed by atoms with van der Waals surface area (Å²) in [5, 5.41) is 3.94. The van der Waals surface area contributed by atoms with Crippen LogP contribution in [0.1, 0.15) is 115 Å². The normalized spacial score (nSPS) is 14.6. The molecule has 0 bridgehead atoms. The molecule has 3 aliphatic rings. The Morgan fingerprint density at radius 1 is 0.432 bits per heavy atom. The first kappa shape index (κ1) is 45.1. The van der Waals surface area contributed by atoms with Crippen LogP contribution in [-0.2, 0) is 17.3 Å². The summed E-state index contributed by atoms with van der Waals surface area (Å²) in [5.74, 6) is 0.863. The van der Waals surface area contributed by atoms with Crippen LogP contribution in [0, 0.1) is 0 Å². The van der Waals surface area contributed by atoms with Crippen molar-refractivity contribution in [2.24, 2.45) is 0 Å². The van der Waals surface area contributed by atoms with E-state index in [-0.39, 0.29) is 5.41 Å². The van der Waals surface area contributed by atoms with E-state index >= 15 is 0 Å². The first-order valence-electron chi connectivity index (χ1n) is 26.5. The predicted molar refractivity (Wildman–Crippen MR) is 319 cm³/mol. The SMILES string of the molecule is CC(C)c1ccc(N(c2ccc3c(c2)C2(c4cc(N(c5ccc(C(C)C)cc5)c5cccc6c5sc5ccccc56)ccc4-3)c3ccccc3C(C)(C)c3ccccc32)c2cccc3c4c(sc23)CCC=C4)cc1. The molecule has 0 unspecified atom stereocenters. The molecule has 1 spiro atoms. The minimum atomic E-state index is -0.637. The lowest BCUT2D eigenvalue weighted by atomic mass is 9.55. The zero-order valence-electron chi connectivity index (χ0n) is 42.9. The number of aryl methyl sites for hydroxylation is 1. The smallest absolute Gasteiger partial charge is 0.0721 e. The molecule has 2 aromatic heterocycles. The topological polar surface area (TPSA) is 6.48 Å². The van der Waals surface area contributed by atoms with Gasteiger partial charge in [0.1, 0.15) is 0 Å². The predicted octanol–water partition coefficient (Wildman–Crippen LogP) is 20.4. The second kappa shape index (κ2) is 17.0. The van der Waals surface area contributed by atoms with E-state index in [4.69, 9.17) is 0 Å². The van der Waals surface area contributed by atoms with E-state index in [0.29, 0.717) is 11.8 Å². The Morgan fingerprint density at radius 2 is 0.905 bits per heavy atom. The maximum Gasteiger partial charge on any atom is 0.0721 e. The van der Waals surface area contributed by atoms with Crippen LogP contribution in [0.25, 0.3) is 47.5 Å². The van der Waals surface area contributed by atoms with Crippen molar-refractivity contribution in [3.8, 4) is 11.1 Å². The van der Waals surface area contributed by atoms with Crippen molar-refractivity contribution in [2.75, 3.05) is 9.80 Å². The zero-order valence-corrected chi connectivity index (χ0v) is 44.5. The number of fused-ring (bicyclic) bond motifs is 15. The zero-order chi connectivity index (χ0) is 50.0. The molecule has 0 atom stereocenters. The van der Waals surface area contributed by atoms with Gasteiger partial charge in [-0.15, -0.1) is 22.7 Å². The van der Waals surface area contributed by atoms with Gasteiger partial charge in [-0.2, -0.15) is 0 Å². The van der Waals surface area contributed by atoms with Crippen molar-refractivity contribution < 1.29 is 0 Å². The van der Waals surface area contributed by atoms with Gasteiger partial charge in [-0.05, 0) is 153 Å². The van der Waals surface area contributed by atoms with E-state index in [9.17, 15) is 0 Å². The van der Waals surface area contributed by atoms with Crippen molar-refractivity contribution in [2.45, 2.75) is 77.0 Å². The molecule has 74 heavy (non-hydrogen) atoms. The number of benzene rings is 9. The Bertz CT molecular complexity index is 4020. The highest BCUT2D eigenvalue weighted by atomic mass is 32.1. The first-order chi connectivity index (χ1) is 36.1. The van der Waals surface area contributed by atoms with Crippen LogP contribution in [0.5, 0.6) is 0 Å². The molecule has 0 saturated heterocycles. The van der Waals surface area contributed by atoms with E-state index in [2.05, 4.69) is 258 Å². The highest BCUT2D eigenvalue weighted by Gasteiger charge is 2.53. The fourth-order valence-corrected chi connectivity index (χ4v) is 15.6. The van der Waals surface area contributed by atoms with Crippen molar-refractivity contribution in [1.82, 2.24) is 0 Å². The van der Waals surface area contributed by atoms with Crippen LogP contribution >= 0.6 is 22.7 Å². The highest BCUT2D eigenvalue weighted by molar-refractivity contribution is 7.26. The van der Waals surface area contributed by atoms with Crippen molar-refractivity contribution in [3.63, 3.8) is 0 Å². The maximum atomic E-state index is 2.57. The maximum absolute atomic E-state index is 2.57. The average Bonchev–Trinajstić information content (AvgIpc) is 4.14. The summed E-state index contributed by atoms with van der Waals surface area (Å²) in [6.45, 7) is 14.0. The molecule has 0 radical (unpaired) electrons. The Hall–Kier alpha value is -7.50. The van der Waals surface area contributed by atoms with E-state index in [1.807, 2.05) is 22.7 Å². The van der Waals surface area contributed by atoms with Gasteiger partial charge in [0.05, 0.1) is 26.2 Å². The first-order valence-corrected chi connectivity index (χ1v) is 28.2. The summed E-state index contributed by atoms with van der Waals surface area (Å²) in [6.07, 6.45) is 6.88. The van der Waals surface area contributed by atoms with Gasteiger partial charge in [-0.1, -0.05) is 181 Å². The Balaban J connectivity index is 1.05. The molecule has 4 heteroatoms. The van der Waals surface area contributed by atoms with Gasteiger partial charge in [0.2, 0.25) is 0 Å². The summed E-state index contributed by atoms with van der Waals surface area (Å²) in [5.41, 5.74) is 20.9. The van der Waals surface area contributed by atoms with E-state index in [1.54, 1.807) is 0 Å². The highest BCUT2D eigenvalue weighted by Crippen LogP contribution is 2.64. The van der Waals surface area contributed by atoms with Crippen LogP contribution in [-0.4, -0.2) is 0 Å². The lowest BCUT2D eigenvalue weighted by Crippen LogP contribution is -2.40. The van der Waals surface area contributed by atoms with E-state index in [0.717, 1.165) is 35.6 Å². The molecule has 9 aromatic carbocycles. The number of allylic oxidation sites excluding steroid dienone is 1. The standard InChI is InChI=1S/C70H58N2S2/c1-43(2)45-29-33-47(34-30-45)71(63-25-15-19-55-53-17-7-13-27-65(53)73-67(55)63)49-37-39-51-52-40-38-50(42-62(52)70(61(51)41-49)59-23-11-9-21-57(59)69(5,6)58-22-10-12-24-60(58)70)72(48-35-31-46(32-36-48)44(3)4)64-26-16-20-56-54-18-8-14-28-66(54)74-68(56)64/h7-13,15-27,29-44H,14,28H2,1-6H3. The summed E-state index contributed by atoms with van der Waals surface area (Å²) >= 11 is 3.87. The molecule has 2 heterocycles. The molecule has 14 rings (SSSR count). The molecule has 360 valence electrons. The molecule has 0 saturated carbocycles. The molecule has 0 fully saturated rings. The number of hydrogen-bond donors (Lipinski definition) is 0. The van der Waals surface area contributed by atoms with Crippen LogP contribution in [0.3, 0.4) is 0 Å². The molecule has 0 amide bonds. The van der Waals surface area contributed by atoms with Gasteiger partial charge < -0.3 is 9.80 Å². The third-order valence-corrected chi connectivity index (χ3v) is 19.3. The number of thiophene rings is 2. The lowest BCUT2D eigenvalue weighted by Gasteiger charge is -2.47. The van der Waals surface area contributed by atoms with Crippen LogP contribution < -0.4 is 9.80 Å². The summed E-state index contributed by atoms with van der Waals surface area (Å²) in [4.78, 5) is 6.57. The van der Waals surface area contributed by atoms with Crippen LogP contribution in [0.2, 0.25) is 0 Å². The van der Waals surface area contributed by atoms with Crippen LogP contribution in [0.15, 0.2) is 200 Å². The summed E-state index contributed by atoms with van der Waals surface area (Å²) in [7, 11) is 0. The second-order valence-electron chi connectivity index (χ2n) is 21.9. The number of anilines is 6. The number of hydrogen-bond acceptors (Lipinski definition) is 4. The van der Waals surface area contributed by atoms with Crippen molar-refractivity contribution in [1.29, 1.82) is 0 Å². The molecule has 0 N–H and O–H groups in total. The quantitative estimate of drug-likeness (QED) is 0.150. The molecular weight excluding hydrogens is 933 g/mol. The molecular formula is C70H58N2S2.